The maximum atomic E-state index is 11.5. The highest BCUT2D eigenvalue weighted by Gasteiger charge is 2.03. The van der Waals surface area contributed by atoms with Crippen molar-refractivity contribution in [2.45, 2.75) is 77.6 Å². The normalized spacial score (nSPS) is 10.5. The van der Waals surface area contributed by atoms with E-state index in [1.54, 1.807) is 0 Å². The summed E-state index contributed by atoms with van der Waals surface area (Å²) in [5, 5.41) is 0. The van der Waals surface area contributed by atoms with Crippen molar-refractivity contribution < 1.29 is 19.0 Å². The number of hydrogen-bond donors (Lipinski definition) is 0. The predicted molar refractivity (Wildman–Crippen MR) is 139 cm³/mol. The van der Waals surface area contributed by atoms with E-state index in [0.29, 0.717) is 32.5 Å². The average Bonchev–Trinajstić information content (AvgIpc) is 2.86. The van der Waals surface area contributed by atoms with Gasteiger partial charge in [0.25, 0.3) is 0 Å². The van der Waals surface area contributed by atoms with Gasteiger partial charge in [0.1, 0.15) is 11.5 Å². The first-order valence-corrected chi connectivity index (χ1v) is 12.8. The van der Waals surface area contributed by atoms with Crippen molar-refractivity contribution in [1.82, 2.24) is 0 Å². The predicted octanol–water partition coefficient (Wildman–Crippen LogP) is 7.60. The van der Waals surface area contributed by atoms with Gasteiger partial charge in [-0.3, -0.25) is 4.79 Å². The molecule has 4 nitrogen and oxygen atoms in total. The van der Waals surface area contributed by atoms with E-state index in [0.717, 1.165) is 55.8 Å². The van der Waals surface area contributed by atoms with Crippen LogP contribution in [0.3, 0.4) is 0 Å². The second kappa shape index (κ2) is 17.5. The zero-order chi connectivity index (χ0) is 24.3. The second-order valence-corrected chi connectivity index (χ2v) is 8.50. The molecule has 0 fully saturated rings. The van der Waals surface area contributed by atoms with E-state index in [1.807, 2.05) is 24.3 Å². The Morgan fingerprint density at radius 3 is 1.71 bits per heavy atom. The summed E-state index contributed by atoms with van der Waals surface area (Å²) < 4.78 is 16.9. The summed E-state index contributed by atoms with van der Waals surface area (Å²) in [5.41, 5.74) is 2.33. The number of hydrogen-bond acceptors (Lipinski definition) is 4. The molecule has 0 aromatic heterocycles. The third-order valence-corrected chi connectivity index (χ3v) is 5.58. The molecule has 2 aromatic rings. The molecular formula is C30H40O4. The molecule has 0 saturated carbocycles. The highest BCUT2D eigenvalue weighted by atomic mass is 16.5. The minimum absolute atomic E-state index is 0.149. The summed E-state index contributed by atoms with van der Waals surface area (Å²) in [6.07, 6.45) is 15.7. The standard InChI is InChI=1S/C30H40O4/c1-3-5-7-11-23-32-28-19-15-26(16-20-28)27-17-21-29(22-18-27)33-24-12-8-9-13-25-34-30(31)14-10-6-4-2/h2,15-22H,3,5-14,23-25H2,1H3. The third-order valence-electron chi connectivity index (χ3n) is 5.58. The molecule has 0 radical (unpaired) electrons. The number of ether oxygens (including phenoxy) is 3. The van der Waals surface area contributed by atoms with Gasteiger partial charge in [0.15, 0.2) is 0 Å². The molecule has 0 unspecified atom stereocenters. The molecular weight excluding hydrogens is 424 g/mol. The Labute approximate surface area is 206 Å². The quantitative estimate of drug-likeness (QED) is 0.129. The van der Waals surface area contributed by atoms with E-state index < -0.39 is 0 Å². The monoisotopic (exact) mass is 464 g/mol. The van der Waals surface area contributed by atoms with E-state index in [1.165, 1.54) is 24.8 Å². The zero-order valence-electron chi connectivity index (χ0n) is 20.7. The SMILES string of the molecule is C#CCCCC(=O)OCCCCCCOc1ccc(-c2ccc(OCCCCCC)cc2)cc1. The number of carbonyl (C=O) groups excluding carboxylic acids is 1. The summed E-state index contributed by atoms with van der Waals surface area (Å²) in [6, 6.07) is 16.5. The lowest BCUT2D eigenvalue weighted by Crippen LogP contribution is -2.05. The molecule has 0 N–H and O–H groups in total. The van der Waals surface area contributed by atoms with Crippen LogP contribution in [0, 0.1) is 12.3 Å². The molecule has 0 saturated heterocycles. The minimum Gasteiger partial charge on any atom is -0.494 e. The lowest BCUT2D eigenvalue weighted by molar-refractivity contribution is -0.143. The van der Waals surface area contributed by atoms with Gasteiger partial charge in [-0.1, -0.05) is 50.5 Å². The van der Waals surface area contributed by atoms with Gasteiger partial charge in [-0.25, -0.2) is 0 Å². The Bertz CT molecular complexity index is 834. The van der Waals surface area contributed by atoms with Gasteiger partial charge in [-0.2, -0.15) is 0 Å². The van der Waals surface area contributed by atoms with Crippen LogP contribution < -0.4 is 9.47 Å². The summed E-state index contributed by atoms with van der Waals surface area (Å²) in [7, 11) is 0. The zero-order valence-corrected chi connectivity index (χ0v) is 20.7. The smallest absolute Gasteiger partial charge is 0.305 e. The summed E-state index contributed by atoms with van der Waals surface area (Å²) in [6.45, 7) is 4.18. The van der Waals surface area contributed by atoms with Crippen molar-refractivity contribution in [3.63, 3.8) is 0 Å². The molecule has 0 atom stereocenters. The lowest BCUT2D eigenvalue weighted by atomic mass is 10.1. The summed E-state index contributed by atoms with van der Waals surface area (Å²) in [5.74, 6) is 4.19. The van der Waals surface area contributed by atoms with E-state index >= 15 is 0 Å². The first-order chi connectivity index (χ1) is 16.7. The van der Waals surface area contributed by atoms with Crippen LogP contribution in [0.15, 0.2) is 48.5 Å². The van der Waals surface area contributed by atoms with Gasteiger partial charge >= 0.3 is 5.97 Å². The third kappa shape index (κ3) is 11.8. The Morgan fingerprint density at radius 1 is 0.706 bits per heavy atom. The van der Waals surface area contributed by atoms with Crippen LogP contribution in [0.25, 0.3) is 11.1 Å². The lowest BCUT2D eigenvalue weighted by Gasteiger charge is -2.09. The number of benzene rings is 2. The maximum Gasteiger partial charge on any atom is 0.305 e. The molecule has 0 bridgehead atoms. The van der Waals surface area contributed by atoms with Gasteiger partial charge in [0.05, 0.1) is 19.8 Å². The highest BCUT2D eigenvalue weighted by molar-refractivity contribution is 5.69. The number of rotatable bonds is 18. The fraction of sp³-hybridized carbons (Fsp3) is 0.500. The molecule has 0 aliphatic heterocycles. The van der Waals surface area contributed by atoms with Gasteiger partial charge in [0.2, 0.25) is 0 Å². The van der Waals surface area contributed by atoms with Crippen LogP contribution >= 0.6 is 0 Å². The molecule has 0 amide bonds. The Morgan fingerprint density at radius 2 is 1.21 bits per heavy atom. The van der Waals surface area contributed by atoms with Crippen molar-refractivity contribution in [1.29, 1.82) is 0 Å². The molecule has 2 rings (SSSR count). The topological polar surface area (TPSA) is 44.8 Å². The van der Waals surface area contributed by atoms with Gasteiger partial charge in [0, 0.05) is 12.8 Å². The van der Waals surface area contributed by atoms with Crippen LogP contribution in [-0.4, -0.2) is 25.8 Å². The van der Waals surface area contributed by atoms with Crippen LogP contribution in [0.1, 0.15) is 77.6 Å². The first-order valence-electron chi connectivity index (χ1n) is 12.8. The van der Waals surface area contributed by atoms with Crippen molar-refractivity contribution in [3.05, 3.63) is 48.5 Å². The Kier molecular flexibility index (Phi) is 14.1. The molecule has 184 valence electrons. The maximum absolute atomic E-state index is 11.5. The highest BCUT2D eigenvalue weighted by Crippen LogP contribution is 2.25. The van der Waals surface area contributed by atoms with E-state index in [9.17, 15) is 4.79 Å². The average molecular weight is 465 g/mol. The molecule has 0 spiro atoms. The van der Waals surface area contributed by atoms with Crippen molar-refractivity contribution >= 4 is 5.97 Å². The number of esters is 1. The molecule has 0 aliphatic carbocycles. The van der Waals surface area contributed by atoms with Crippen LogP contribution in [-0.2, 0) is 9.53 Å². The van der Waals surface area contributed by atoms with Crippen molar-refractivity contribution in [3.8, 4) is 35.0 Å². The van der Waals surface area contributed by atoms with Gasteiger partial charge < -0.3 is 14.2 Å². The van der Waals surface area contributed by atoms with Crippen LogP contribution in [0.2, 0.25) is 0 Å². The second-order valence-electron chi connectivity index (χ2n) is 8.50. The number of unbranched alkanes of at least 4 members (excludes halogenated alkanes) is 7. The van der Waals surface area contributed by atoms with E-state index in [-0.39, 0.29) is 5.97 Å². The molecule has 2 aromatic carbocycles. The molecule has 34 heavy (non-hydrogen) atoms. The molecule has 0 heterocycles. The largest absolute Gasteiger partial charge is 0.494 e. The summed E-state index contributed by atoms with van der Waals surface area (Å²) >= 11 is 0. The van der Waals surface area contributed by atoms with Crippen LogP contribution in [0.5, 0.6) is 11.5 Å². The Balaban J connectivity index is 1.57. The van der Waals surface area contributed by atoms with Crippen molar-refractivity contribution in [2.75, 3.05) is 19.8 Å². The summed E-state index contributed by atoms with van der Waals surface area (Å²) in [4.78, 5) is 11.5. The van der Waals surface area contributed by atoms with Crippen LogP contribution in [0.4, 0.5) is 0 Å². The van der Waals surface area contributed by atoms with Gasteiger partial charge in [-0.15, -0.1) is 12.3 Å². The van der Waals surface area contributed by atoms with Crippen molar-refractivity contribution in [2.24, 2.45) is 0 Å². The van der Waals surface area contributed by atoms with E-state index in [4.69, 9.17) is 20.6 Å². The Hall–Kier alpha value is -2.93. The van der Waals surface area contributed by atoms with Gasteiger partial charge in [-0.05, 0) is 73.9 Å². The minimum atomic E-state index is -0.149. The molecule has 4 heteroatoms. The fourth-order valence-corrected chi connectivity index (χ4v) is 3.55. The number of terminal acetylenes is 1. The van der Waals surface area contributed by atoms with E-state index in [2.05, 4.69) is 37.1 Å². The first kappa shape index (κ1) is 27.3. The number of carbonyl (C=O) groups is 1. The fourth-order valence-electron chi connectivity index (χ4n) is 3.55. The molecule has 0 aliphatic rings.